The van der Waals surface area contributed by atoms with Crippen molar-refractivity contribution in [1.29, 1.82) is 0 Å². The van der Waals surface area contributed by atoms with Crippen molar-refractivity contribution in [2.45, 2.75) is 6.92 Å². The summed E-state index contributed by atoms with van der Waals surface area (Å²) in [4.78, 5) is 11.4. The molecule has 1 amide bonds. The van der Waals surface area contributed by atoms with Gasteiger partial charge in [0.1, 0.15) is 5.75 Å². The van der Waals surface area contributed by atoms with Crippen LogP contribution in [0.4, 0.5) is 5.69 Å². The maximum Gasteiger partial charge on any atom is 0.251 e. The van der Waals surface area contributed by atoms with Crippen molar-refractivity contribution in [2.24, 2.45) is 0 Å². The normalized spacial score (nSPS) is 10.3. The zero-order chi connectivity index (χ0) is 12.7. The van der Waals surface area contributed by atoms with E-state index in [0.29, 0.717) is 18.0 Å². The van der Waals surface area contributed by atoms with Crippen molar-refractivity contribution < 1.29 is 14.3 Å². The molecule has 0 unspecified atom stereocenters. The lowest BCUT2D eigenvalue weighted by atomic mass is 10.3. The number of nitrogens with one attached hydrogen (secondary N) is 1. The topological polar surface area (TPSA) is 47.6 Å². The molecule has 0 radical (unpaired) electrons. The largest absolute Gasteiger partial charge is 0.501 e. The number of methoxy groups -OCH3 is 1. The number of benzene rings is 1. The number of hydrogen-bond acceptors (Lipinski definition) is 3. The number of amides is 1. The fourth-order valence-electron chi connectivity index (χ4n) is 1.13. The average molecular weight is 300 g/mol. The molecule has 92 valence electrons. The van der Waals surface area contributed by atoms with Crippen LogP contribution in [0.15, 0.2) is 35.0 Å². The monoisotopic (exact) mass is 299 g/mol. The Balaban J connectivity index is 2.65. The predicted molar refractivity (Wildman–Crippen MR) is 70.1 cm³/mol. The van der Waals surface area contributed by atoms with Gasteiger partial charge >= 0.3 is 0 Å². The van der Waals surface area contributed by atoms with Gasteiger partial charge in [-0.3, -0.25) is 4.79 Å². The minimum atomic E-state index is -0.247. The highest BCUT2D eigenvalue weighted by Crippen LogP contribution is 2.27. The third kappa shape index (κ3) is 4.48. The Labute approximate surface area is 109 Å². The van der Waals surface area contributed by atoms with Gasteiger partial charge in [-0.05, 0) is 35.0 Å². The summed E-state index contributed by atoms with van der Waals surface area (Å²) in [5.74, 6) is 0.416. The Bertz CT molecular complexity index is 418. The minimum Gasteiger partial charge on any atom is -0.501 e. The number of ether oxygens (including phenoxy) is 2. The van der Waals surface area contributed by atoms with E-state index in [4.69, 9.17) is 9.47 Å². The minimum absolute atomic E-state index is 0.247. The second-order valence-electron chi connectivity index (χ2n) is 3.10. The van der Waals surface area contributed by atoms with Gasteiger partial charge in [-0.1, -0.05) is 0 Å². The molecule has 0 fully saturated rings. The van der Waals surface area contributed by atoms with E-state index in [1.165, 1.54) is 12.3 Å². The van der Waals surface area contributed by atoms with E-state index in [-0.39, 0.29) is 5.91 Å². The van der Waals surface area contributed by atoms with Crippen molar-refractivity contribution >= 4 is 27.5 Å². The highest BCUT2D eigenvalue weighted by Gasteiger charge is 2.03. The lowest BCUT2D eigenvalue weighted by Crippen LogP contribution is -2.08. The Morgan fingerprint density at radius 2 is 2.29 bits per heavy atom. The molecule has 0 aliphatic carbocycles. The summed E-state index contributed by atoms with van der Waals surface area (Å²) in [5.41, 5.74) is 0.663. The highest BCUT2D eigenvalue weighted by molar-refractivity contribution is 9.10. The van der Waals surface area contributed by atoms with Gasteiger partial charge in [-0.25, -0.2) is 0 Å². The van der Waals surface area contributed by atoms with Gasteiger partial charge in [0.15, 0.2) is 0 Å². The molecule has 17 heavy (non-hydrogen) atoms. The molecule has 4 nitrogen and oxygen atoms in total. The molecular weight excluding hydrogens is 286 g/mol. The third-order valence-corrected chi connectivity index (χ3v) is 2.56. The molecule has 1 aromatic carbocycles. The van der Waals surface area contributed by atoms with Crippen LogP contribution in [-0.2, 0) is 9.53 Å². The summed E-state index contributed by atoms with van der Waals surface area (Å²) in [7, 11) is 1.57. The average Bonchev–Trinajstić information content (AvgIpc) is 2.32. The molecule has 0 saturated carbocycles. The number of halogens is 1. The first-order chi connectivity index (χ1) is 8.17. The first-order valence-electron chi connectivity index (χ1n) is 5.10. The van der Waals surface area contributed by atoms with Crippen LogP contribution in [-0.4, -0.2) is 19.6 Å². The summed E-state index contributed by atoms with van der Waals surface area (Å²) in [6, 6.07) is 5.32. The smallest absolute Gasteiger partial charge is 0.251 e. The molecule has 5 heteroatoms. The molecule has 0 bridgehead atoms. The van der Waals surface area contributed by atoms with Crippen LogP contribution >= 0.6 is 15.9 Å². The van der Waals surface area contributed by atoms with E-state index in [1.807, 2.05) is 6.92 Å². The first kappa shape index (κ1) is 13.6. The van der Waals surface area contributed by atoms with Crippen molar-refractivity contribution in [1.82, 2.24) is 0 Å². The van der Waals surface area contributed by atoms with Crippen LogP contribution in [0.2, 0.25) is 0 Å². The van der Waals surface area contributed by atoms with Crippen molar-refractivity contribution in [2.75, 3.05) is 19.0 Å². The molecule has 1 aromatic rings. The second kappa shape index (κ2) is 6.96. The van der Waals surface area contributed by atoms with E-state index < -0.39 is 0 Å². The summed E-state index contributed by atoms with van der Waals surface area (Å²) in [5, 5.41) is 2.70. The maximum absolute atomic E-state index is 11.4. The number of rotatable bonds is 5. The Kier molecular flexibility index (Phi) is 5.56. The summed E-state index contributed by atoms with van der Waals surface area (Å²) in [6.07, 6.45) is 2.70. The number of carbonyl (C=O) groups is 1. The van der Waals surface area contributed by atoms with Crippen LogP contribution in [0, 0.1) is 0 Å². The van der Waals surface area contributed by atoms with Gasteiger partial charge in [-0.15, -0.1) is 0 Å². The van der Waals surface area contributed by atoms with Crippen molar-refractivity contribution in [3.63, 3.8) is 0 Å². The number of anilines is 1. The van der Waals surface area contributed by atoms with Gasteiger partial charge in [-0.2, -0.15) is 0 Å². The molecule has 0 saturated heterocycles. The fourth-order valence-corrected chi connectivity index (χ4v) is 1.54. The SMILES string of the molecule is CCO/C=C/C(=O)Nc1ccc(Br)c(OC)c1. The zero-order valence-corrected chi connectivity index (χ0v) is 11.3. The Morgan fingerprint density at radius 3 is 2.94 bits per heavy atom. The Morgan fingerprint density at radius 1 is 1.53 bits per heavy atom. The van der Waals surface area contributed by atoms with Gasteiger partial charge in [0.25, 0.3) is 5.91 Å². The van der Waals surface area contributed by atoms with Gasteiger partial charge in [0, 0.05) is 17.8 Å². The molecule has 0 spiro atoms. The number of carbonyl (C=O) groups excluding carboxylic acids is 1. The van der Waals surface area contributed by atoms with Crippen LogP contribution in [0.1, 0.15) is 6.92 Å². The lowest BCUT2D eigenvalue weighted by molar-refractivity contribution is -0.112. The van der Waals surface area contributed by atoms with Crippen LogP contribution in [0.3, 0.4) is 0 Å². The number of hydrogen-bond donors (Lipinski definition) is 1. The highest BCUT2D eigenvalue weighted by atomic mass is 79.9. The fraction of sp³-hybridized carbons (Fsp3) is 0.250. The van der Waals surface area contributed by atoms with Crippen LogP contribution < -0.4 is 10.1 Å². The molecule has 1 N–H and O–H groups in total. The summed E-state index contributed by atoms with van der Waals surface area (Å²) >= 11 is 3.34. The predicted octanol–water partition coefficient (Wildman–Crippen LogP) is 2.95. The maximum atomic E-state index is 11.4. The summed E-state index contributed by atoms with van der Waals surface area (Å²) in [6.45, 7) is 2.39. The lowest BCUT2D eigenvalue weighted by Gasteiger charge is -2.06. The molecule has 0 heterocycles. The molecule has 1 rings (SSSR count). The van der Waals surface area contributed by atoms with Gasteiger partial charge in [0.2, 0.25) is 0 Å². The van der Waals surface area contributed by atoms with Crippen LogP contribution in [0.5, 0.6) is 5.75 Å². The van der Waals surface area contributed by atoms with E-state index >= 15 is 0 Å². The standard InChI is InChI=1S/C12H14BrNO3/c1-3-17-7-6-12(15)14-9-4-5-10(13)11(8-9)16-2/h4-8H,3H2,1-2H3,(H,14,15)/b7-6+. The first-order valence-corrected chi connectivity index (χ1v) is 5.89. The van der Waals surface area contributed by atoms with E-state index in [0.717, 1.165) is 4.47 Å². The third-order valence-electron chi connectivity index (χ3n) is 1.90. The summed E-state index contributed by atoms with van der Waals surface area (Å²) < 4.78 is 10.9. The molecular formula is C12H14BrNO3. The van der Waals surface area contributed by atoms with Crippen LogP contribution in [0.25, 0.3) is 0 Å². The van der Waals surface area contributed by atoms with Crippen molar-refractivity contribution in [3.05, 3.63) is 35.0 Å². The molecule has 0 atom stereocenters. The second-order valence-corrected chi connectivity index (χ2v) is 3.95. The Hall–Kier alpha value is -1.49. The molecule has 0 aromatic heterocycles. The quantitative estimate of drug-likeness (QED) is 0.672. The van der Waals surface area contributed by atoms with E-state index in [1.54, 1.807) is 25.3 Å². The molecule has 0 aliphatic heterocycles. The van der Waals surface area contributed by atoms with Gasteiger partial charge in [0.05, 0.1) is 24.5 Å². The van der Waals surface area contributed by atoms with Gasteiger partial charge < -0.3 is 14.8 Å². The van der Waals surface area contributed by atoms with Crippen molar-refractivity contribution in [3.8, 4) is 5.75 Å². The molecule has 0 aliphatic rings. The zero-order valence-electron chi connectivity index (χ0n) is 9.70. The van der Waals surface area contributed by atoms with E-state index in [9.17, 15) is 4.79 Å². The van der Waals surface area contributed by atoms with E-state index in [2.05, 4.69) is 21.2 Å².